The molecule has 5 nitrogen and oxygen atoms in total. The summed E-state index contributed by atoms with van der Waals surface area (Å²) in [6.07, 6.45) is 1.75. The van der Waals surface area contributed by atoms with Gasteiger partial charge in [-0.2, -0.15) is 0 Å². The molecule has 106 valence electrons. The van der Waals surface area contributed by atoms with Crippen LogP contribution in [0.4, 0.5) is 8.78 Å². The van der Waals surface area contributed by atoms with Gasteiger partial charge in [0.15, 0.2) is 5.60 Å². The summed E-state index contributed by atoms with van der Waals surface area (Å²) in [5.41, 5.74) is -0.0898. The highest BCUT2D eigenvalue weighted by Crippen LogP contribution is 2.37. The Hall–Kier alpha value is -1.24. The third-order valence-corrected chi connectivity index (χ3v) is 3.96. The van der Waals surface area contributed by atoms with E-state index in [-0.39, 0.29) is 18.7 Å². The number of rotatable bonds is 2. The first-order chi connectivity index (χ1) is 8.98. The van der Waals surface area contributed by atoms with E-state index in [0.717, 1.165) is 19.4 Å². The summed E-state index contributed by atoms with van der Waals surface area (Å²) in [5, 5.41) is 9.64. The van der Waals surface area contributed by atoms with E-state index in [1.54, 1.807) is 0 Å². The summed E-state index contributed by atoms with van der Waals surface area (Å²) in [6, 6.07) is -0.439. The van der Waals surface area contributed by atoms with Crippen LogP contribution in [-0.4, -0.2) is 42.3 Å². The maximum absolute atomic E-state index is 12.7. The Balaban J connectivity index is 1.52. The topological polar surface area (TPSA) is 62.7 Å². The van der Waals surface area contributed by atoms with Crippen LogP contribution in [-0.2, 0) is 9.63 Å². The van der Waals surface area contributed by atoms with Crippen LogP contribution in [0, 0.1) is 0 Å². The number of amides is 1. The number of hydrogen-bond donors (Lipinski definition) is 2. The van der Waals surface area contributed by atoms with Crippen LogP contribution < -0.4 is 10.6 Å². The zero-order chi connectivity index (χ0) is 13.5. The second-order valence-electron chi connectivity index (χ2n) is 5.70. The summed E-state index contributed by atoms with van der Waals surface area (Å²) in [5.74, 6) is -3.00. The predicted molar refractivity (Wildman–Crippen MR) is 64.1 cm³/mol. The van der Waals surface area contributed by atoms with Gasteiger partial charge in [-0.25, -0.2) is 8.78 Å². The highest BCUT2D eigenvalue weighted by atomic mass is 19.3. The van der Waals surface area contributed by atoms with Crippen LogP contribution in [0.25, 0.3) is 0 Å². The summed E-state index contributed by atoms with van der Waals surface area (Å²) in [6.45, 7) is 1.62. The van der Waals surface area contributed by atoms with Crippen molar-refractivity contribution in [2.45, 2.75) is 49.7 Å². The van der Waals surface area contributed by atoms with Crippen molar-refractivity contribution in [3.05, 3.63) is 0 Å². The van der Waals surface area contributed by atoms with Crippen LogP contribution in [0.3, 0.4) is 0 Å². The fraction of sp³-hybridized carbons (Fsp3) is 0.833. The lowest BCUT2D eigenvalue weighted by Crippen LogP contribution is -2.52. The summed E-state index contributed by atoms with van der Waals surface area (Å²) in [7, 11) is 0. The number of nitrogens with one attached hydrogen (secondary N) is 2. The number of hydrogen-bond acceptors (Lipinski definition) is 4. The first-order valence-corrected chi connectivity index (χ1v) is 6.63. The van der Waals surface area contributed by atoms with Gasteiger partial charge in [-0.3, -0.25) is 4.79 Å². The maximum atomic E-state index is 12.7. The molecule has 3 rings (SSSR count). The molecule has 0 aromatic rings. The van der Waals surface area contributed by atoms with E-state index in [0.29, 0.717) is 18.7 Å². The zero-order valence-corrected chi connectivity index (χ0v) is 10.5. The molecule has 1 amide bonds. The van der Waals surface area contributed by atoms with Crippen molar-refractivity contribution in [3.63, 3.8) is 0 Å². The Bertz CT molecular complexity index is 411. The lowest BCUT2D eigenvalue weighted by Gasteiger charge is -2.35. The van der Waals surface area contributed by atoms with E-state index < -0.39 is 17.6 Å². The maximum Gasteiger partial charge on any atom is 0.269 e. The van der Waals surface area contributed by atoms with Gasteiger partial charge < -0.3 is 15.5 Å². The molecule has 0 aromatic carbocycles. The average Bonchev–Trinajstić information content (AvgIpc) is 2.72. The molecule has 0 aromatic heterocycles. The van der Waals surface area contributed by atoms with E-state index in [2.05, 4.69) is 15.8 Å². The molecular formula is C12H17F2N3O2. The van der Waals surface area contributed by atoms with E-state index in [1.165, 1.54) is 0 Å². The normalized spacial score (nSPS) is 33.5. The quantitative estimate of drug-likeness (QED) is 0.782. The first kappa shape index (κ1) is 12.8. The molecule has 2 N–H and O–H groups in total. The molecule has 19 heavy (non-hydrogen) atoms. The molecule has 0 radical (unpaired) electrons. The number of carbonyl (C=O) groups is 1. The molecular weight excluding hydrogens is 256 g/mol. The van der Waals surface area contributed by atoms with Gasteiger partial charge in [0.2, 0.25) is 0 Å². The Morgan fingerprint density at radius 1 is 1.47 bits per heavy atom. The number of carbonyl (C=O) groups excluding carboxylic acids is 1. The molecule has 1 atom stereocenters. The fourth-order valence-corrected chi connectivity index (χ4v) is 2.84. The van der Waals surface area contributed by atoms with Crippen LogP contribution in [0.2, 0.25) is 0 Å². The van der Waals surface area contributed by atoms with E-state index >= 15 is 0 Å². The van der Waals surface area contributed by atoms with Gasteiger partial charge in [0.25, 0.3) is 11.8 Å². The number of halogens is 2. The van der Waals surface area contributed by atoms with Gasteiger partial charge >= 0.3 is 0 Å². The highest BCUT2D eigenvalue weighted by Gasteiger charge is 2.47. The Kier molecular flexibility index (Phi) is 2.96. The second-order valence-corrected chi connectivity index (χ2v) is 5.70. The third kappa shape index (κ3) is 2.56. The zero-order valence-electron chi connectivity index (χ0n) is 10.5. The predicted octanol–water partition coefficient (Wildman–Crippen LogP) is 0.799. The van der Waals surface area contributed by atoms with Crippen molar-refractivity contribution in [3.8, 4) is 0 Å². The van der Waals surface area contributed by atoms with Gasteiger partial charge in [-0.1, -0.05) is 5.16 Å². The summed E-state index contributed by atoms with van der Waals surface area (Å²) < 4.78 is 25.4. The smallest absolute Gasteiger partial charge is 0.269 e. The Labute approximate surface area is 109 Å². The number of alkyl halides is 2. The highest BCUT2D eigenvalue weighted by molar-refractivity contribution is 6.39. The molecule has 2 aliphatic heterocycles. The van der Waals surface area contributed by atoms with Crippen LogP contribution >= 0.6 is 0 Å². The van der Waals surface area contributed by atoms with Crippen molar-refractivity contribution in [1.29, 1.82) is 0 Å². The van der Waals surface area contributed by atoms with Crippen LogP contribution in [0.5, 0.6) is 0 Å². The average molecular weight is 273 g/mol. The lowest BCUT2D eigenvalue weighted by atomic mass is 9.87. The molecule has 1 aliphatic carbocycles. The standard InChI is InChI=1S/C12H17F2N3O2/c13-12(14)4-8(5-12)16-10(18)9-6-11(19-17-9)2-1-3-15-7-11/h8,15H,1-7H2,(H,16,18). The Morgan fingerprint density at radius 3 is 2.89 bits per heavy atom. The first-order valence-electron chi connectivity index (χ1n) is 6.63. The van der Waals surface area contributed by atoms with E-state index in [9.17, 15) is 13.6 Å². The van der Waals surface area contributed by atoms with Gasteiger partial charge in [-0.15, -0.1) is 0 Å². The fourth-order valence-electron chi connectivity index (χ4n) is 2.84. The number of oxime groups is 1. The van der Waals surface area contributed by atoms with E-state index in [4.69, 9.17) is 4.84 Å². The third-order valence-electron chi connectivity index (χ3n) is 3.96. The monoisotopic (exact) mass is 273 g/mol. The summed E-state index contributed by atoms with van der Waals surface area (Å²) >= 11 is 0. The van der Waals surface area contributed by atoms with Gasteiger partial charge in [-0.05, 0) is 19.4 Å². The van der Waals surface area contributed by atoms with Gasteiger partial charge in [0.1, 0.15) is 5.71 Å². The van der Waals surface area contributed by atoms with Crippen molar-refractivity contribution in [2.24, 2.45) is 5.16 Å². The molecule has 2 heterocycles. The Morgan fingerprint density at radius 2 is 2.26 bits per heavy atom. The molecule has 3 aliphatic rings. The number of piperidine rings is 1. The van der Waals surface area contributed by atoms with Gasteiger partial charge in [0, 0.05) is 31.8 Å². The van der Waals surface area contributed by atoms with Crippen LogP contribution in [0.15, 0.2) is 5.16 Å². The van der Waals surface area contributed by atoms with Crippen molar-refractivity contribution >= 4 is 11.6 Å². The summed E-state index contributed by atoms with van der Waals surface area (Å²) in [4.78, 5) is 17.3. The molecule has 7 heteroatoms. The van der Waals surface area contributed by atoms with Crippen molar-refractivity contribution < 1.29 is 18.4 Å². The minimum atomic E-state index is -2.62. The minimum absolute atomic E-state index is 0.278. The largest absolute Gasteiger partial charge is 0.387 e. The SMILES string of the molecule is O=C(NC1CC(F)(F)C1)C1=NOC2(CCCNC2)C1. The molecule has 1 unspecified atom stereocenters. The molecule has 1 spiro atoms. The number of nitrogens with zero attached hydrogens (tertiary/aromatic N) is 1. The molecule has 2 fully saturated rings. The van der Waals surface area contributed by atoms with Crippen LogP contribution in [0.1, 0.15) is 32.1 Å². The minimum Gasteiger partial charge on any atom is -0.387 e. The molecule has 1 saturated heterocycles. The lowest BCUT2D eigenvalue weighted by molar-refractivity contribution is -0.123. The van der Waals surface area contributed by atoms with E-state index in [1.807, 2.05) is 0 Å². The van der Waals surface area contributed by atoms with Crippen molar-refractivity contribution in [1.82, 2.24) is 10.6 Å². The molecule has 0 bridgehead atoms. The van der Waals surface area contributed by atoms with Gasteiger partial charge in [0.05, 0.1) is 0 Å². The molecule has 1 saturated carbocycles. The second kappa shape index (κ2) is 4.40. The van der Waals surface area contributed by atoms with Crippen molar-refractivity contribution in [2.75, 3.05) is 13.1 Å².